The third kappa shape index (κ3) is 1.04. The molecule has 2 rings (SSSR count). The van der Waals surface area contributed by atoms with E-state index in [0.717, 1.165) is 4.90 Å². The first-order chi connectivity index (χ1) is 5.66. The summed E-state index contributed by atoms with van der Waals surface area (Å²) >= 11 is 1.25. The molecule has 0 amide bonds. The van der Waals surface area contributed by atoms with E-state index in [1.54, 1.807) is 12.1 Å². The molecule has 0 saturated carbocycles. The highest BCUT2D eigenvalue weighted by Gasteiger charge is 2.27. The smallest absolute Gasteiger partial charge is 0.321 e. The fraction of sp³-hybridized carbons (Fsp3) is 0.125. The number of aromatic hydroxyl groups is 1. The van der Waals surface area contributed by atoms with E-state index in [0.29, 0.717) is 5.56 Å². The van der Waals surface area contributed by atoms with Crippen LogP contribution in [0.4, 0.5) is 0 Å². The predicted molar refractivity (Wildman–Crippen MR) is 44.3 cm³/mol. The number of carboxylic acid groups (broad SMARTS) is 1. The fourth-order valence-electron chi connectivity index (χ4n) is 1.22. The van der Waals surface area contributed by atoms with Gasteiger partial charge in [-0.25, -0.2) is 0 Å². The molecule has 1 aromatic rings. The van der Waals surface area contributed by atoms with Crippen LogP contribution in [0.3, 0.4) is 0 Å². The Labute approximate surface area is 73.0 Å². The number of hydrogen-bond acceptors (Lipinski definition) is 3. The number of rotatable bonds is 1. The Bertz CT molecular complexity index is 348. The number of carboxylic acids is 1. The number of fused-ring (bicyclic) bond motifs is 2. The van der Waals surface area contributed by atoms with Crippen LogP contribution in [0.1, 0.15) is 10.8 Å². The van der Waals surface area contributed by atoms with Gasteiger partial charge in [-0.1, -0.05) is 0 Å². The van der Waals surface area contributed by atoms with Crippen LogP contribution < -0.4 is 0 Å². The Morgan fingerprint density at radius 2 is 2.17 bits per heavy atom. The molecule has 0 radical (unpaired) electrons. The highest BCUT2D eigenvalue weighted by atomic mass is 32.2. The maximum absolute atomic E-state index is 10.7. The molecule has 1 aliphatic heterocycles. The number of carbonyl (C=O) groups is 1. The largest absolute Gasteiger partial charge is 0.508 e. The average Bonchev–Trinajstić information content (AvgIpc) is 2.26. The molecule has 4 heteroatoms. The van der Waals surface area contributed by atoms with E-state index in [2.05, 4.69) is 0 Å². The van der Waals surface area contributed by atoms with Crippen molar-refractivity contribution in [2.24, 2.45) is 0 Å². The first kappa shape index (κ1) is 7.49. The van der Waals surface area contributed by atoms with Gasteiger partial charge in [0, 0.05) is 4.90 Å². The van der Waals surface area contributed by atoms with Gasteiger partial charge < -0.3 is 10.2 Å². The van der Waals surface area contributed by atoms with E-state index >= 15 is 0 Å². The molecule has 0 saturated heterocycles. The molecule has 62 valence electrons. The van der Waals surface area contributed by atoms with Crippen molar-refractivity contribution >= 4 is 17.7 Å². The second-order valence-electron chi connectivity index (χ2n) is 2.60. The lowest BCUT2D eigenvalue weighted by Crippen LogP contribution is -2.03. The van der Waals surface area contributed by atoms with Crippen LogP contribution in [-0.2, 0) is 4.79 Å². The summed E-state index contributed by atoms with van der Waals surface area (Å²) in [7, 11) is 0. The molecule has 0 spiro atoms. The lowest BCUT2D eigenvalue weighted by Gasteiger charge is -2.00. The first-order valence-corrected chi connectivity index (χ1v) is 4.28. The molecule has 1 unspecified atom stereocenters. The quantitative estimate of drug-likeness (QED) is 0.693. The number of phenols is 1. The zero-order valence-electron chi connectivity index (χ0n) is 6.02. The van der Waals surface area contributed by atoms with E-state index in [-0.39, 0.29) is 5.75 Å². The zero-order chi connectivity index (χ0) is 8.72. The Balaban J connectivity index is 2.44. The van der Waals surface area contributed by atoms with E-state index in [1.807, 2.05) is 0 Å². The fourth-order valence-corrected chi connectivity index (χ4v) is 2.26. The molecule has 1 aliphatic rings. The van der Waals surface area contributed by atoms with Gasteiger partial charge in [0.15, 0.2) is 0 Å². The van der Waals surface area contributed by atoms with Gasteiger partial charge in [0.05, 0.1) is 0 Å². The van der Waals surface area contributed by atoms with Crippen LogP contribution in [0.15, 0.2) is 23.1 Å². The van der Waals surface area contributed by atoms with Gasteiger partial charge in [0.25, 0.3) is 0 Å². The van der Waals surface area contributed by atoms with Crippen molar-refractivity contribution in [1.82, 2.24) is 0 Å². The SMILES string of the molecule is O=C(O)C1Sc2cc(O)cc1c2. The third-order valence-corrected chi connectivity index (χ3v) is 2.91. The minimum absolute atomic E-state index is 0.138. The molecule has 3 nitrogen and oxygen atoms in total. The van der Waals surface area contributed by atoms with Crippen molar-refractivity contribution in [1.29, 1.82) is 0 Å². The molecule has 0 aliphatic carbocycles. The normalized spacial score (nSPS) is 19.5. The second-order valence-corrected chi connectivity index (χ2v) is 3.77. The van der Waals surface area contributed by atoms with Crippen molar-refractivity contribution in [2.75, 3.05) is 0 Å². The van der Waals surface area contributed by atoms with E-state index in [1.165, 1.54) is 17.8 Å². The summed E-state index contributed by atoms with van der Waals surface area (Å²) in [4.78, 5) is 11.5. The van der Waals surface area contributed by atoms with Gasteiger partial charge in [-0.15, -0.1) is 11.8 Å². The topological polar surface area (TPSA) is 57.5 Å². The summed E-state index contributed by atoms with van der Waals surface area (Å²) < 4.78 is 0. The maximum atomic E-state index is 10.7. The van der Waals surface area contributed by atoms with Gasteiger partial charge in [-0.3, -0.25) is 4.79 Å². The molecular formula is C8H6O3S. The Morgan fingerprint density at radius 3 is 2.83 bits per heavy atom. The Hall–Kier alpha value is -1.16. The van der Waals surface area contributed by atoms with Crippen molar-refractivity contribution < 1.29 is 15.0 Å². The van der Waals surface area contributed by atoms with Crippen molar-refractivity contribution in [2.45, 2.75) is 10.1 Å². The average molecular weight is 182 g/mol. The van der Waals surface area contributed by atoms with Crippen molar-refractivity contribution in [3.63, 3.8) is 0 Å². The summed E-state index contributed by atoms with van der Waals surface area (Å²) in [6.45, 7) is 0. The number of benzene rings is 1. The van der Waals surface area contributed by atoms with E-state index in [9.17, 15) is 4.79 Å². The van der Waals surface area contributed by atoms with Crippen LogP contribution >= 0.6 is 11.8 Å². The summed E-state index contributed by atoms with van der Waals surface area (Å²) in [6, 6.07) is 4.84. The van der Waals surface area contributed by atoms with Crippen molar-refractivity contribution in [3.05, 3.63) is 23.8 Å². The van der Waals surface area contributed by atoms with Gasteiger partial charge in [0.2, 0.25) is 0 Å². The van der Waals surface area contributed by atoms with Crippen LogP contribution in [0.25, 0.3) is 0 Å². The van der Waals surface area contributed by atoms with Crippen LogP contribution in [0.5, 0.6) is 5.75 Å². The Morgan fingerprint density at radius 1 is 1.42 bits per heavy atom. The van der Waals surface area contributed by atoms with Gasteiger partial charge in [-0.2, -0.15) is 0 Å². The lowest BCUT2D eigenvalue weighted by molar-refractivity contribution is -0.136. The zero-order valence-corrected chi connectivity index (χ0v) is 6.84. The molecule has 2 bridgehead atoms. The van der Waals surface area contributed by atoms with Crippen LogP contribution in [0, 0.1) is 0 Å². The number of aliphatic carboxylic acids is 1. The highest BCUT2D eigenvalue weighted by Crippen LogP contribution is 2.44. The predicted octanol–water partition coefficient (Wildman–Crippen LogP) is 1.62. The van der Waals surface area contributed by atoms with Gasteiger partial charge in [-0.05, 0) is 23.8 Å². The lowest BCUT2D eigenvalue weighted by atomic mass is 10.1. The monoisotopic (exact) mass is 182 g/mol. The third-order valence-electron chi connectivity index (χ3n) is 1.69. The molecule has 12 heavy (non-hydrogen) atoms. The summed E-state index contributed by atoms with van der Waals surface area (Å²) in [5, 5.41) is 17.3. The highest BCUT2D eigenvalue weighted by molar-refractivity contribution is 8.00. The summed E-state index contributed by atoms with van der Waals surface area (Å²) in [5.74, 6) is -0.723. The van der Waals surface area contributed by atoms with E-state index < -0.39 is 11.2 Å². The Kier molecular flexibility index (Phi) is 1.51. The van der Waals surface area contributed by atoms with Gasteiger partial charge in [0.1, 0.15) is 11.0 Å². The first-order valence-electron chi connectivity index (χ1n) is 3.40. The van der Waals surface area contributed by atoms with Crippen LogP contribution in [-0.4, -0.2) is 16.2 Å². The molecular weight excluding hydrogens is 176 g/mol. The minimum atomic E-state index is -0.861. The summed E-state index contributed by atoms with van der Waals surface area (Å²) in [6.07, 6.45) is 0. The number of thioether (sulfide) groups is 1. The van der Waals surface area contributed by atoms with Crippen molar-refractivity contribution in [3.8, 4) is 5.75 Å². The summed E-state index contributed by atoms with van der Waals surface area (Å²) in [5.41, 5.74) is 0.669. The second kappa shape index (κ2) is 2.42. The van der Waals surface area contributed by atoms with Gasteiger partial charge >= 0.3 is 5.97 Å². The molecule has 0 aromatic heterocycles. The molecule has 2 N–H and O–H groups in total. The standard InChI is InChI=1S/C8H6O3S/c9-5-1-4-2-6(3-5)12-7(4)8(10)11/h1-3,7,9H,(H,10,11). The van der Waals surface area contributed by atoms with Crippen LogP contribution in [0.2, 0.25) is 0 Å². The molecule has 1 atom stereocenters. The number of phenolic OH excluding ortho intramolecular Hbond substituents is 1. The van der Waals surface area contributed by atoms with E-state index in [4.69, 9.17) is 10.2 Å². The minimum Gasteiger partial charge on any atom is -0.508 e. The molecule has 1 aromatic carbocycles. The maximum Gasteiger partial charge on any atom is 0.321 e. The number of hydrogen-bond donors (Lipinski definition) is 2. The molecule has 0 fully saturated rings. The molecule has 1 heterocycles.